The van der Waals surface area contributed by atoms with Crippen LogP contribution < -0.4 is 0 Å². The first kappa shape index (κ1) is 11.8. The molecule has 0 aliphatic carbocycles. The molecule has 0 saturated carbocycles. The lowest BCUT2D eigenvalue weighted by atomic mass is 9.93. The van der Waals surface area contributed by atoms with Crippen molar-refractivity contribution in [3.05, 3.63) is 30.2 Å². The van der Waals surface area contributed by atoms with Gasteiger partial charge in [-0.1, -0.05) is 34.6 Å². The van der Waals surface area contributed by atoms with Gasteiger partial charge < -0.3 is 4.42 Å². The fourth-order valence-corrected chi connectivity index (χ4v) is 1.24. The van der Waals surface area contributed by atoms with Crippen LogP contribution in [0.2, 0.25) is 0 Å². The van der Waals surface area contributed by atoms with E-state index in [4.69, 9.17) is 4.42 Å². The third-order valence-electron chi connectivity index (χ3n) is 2.03. The quantitative estimate of drug-likeness (QED) is 0.645. The van der Waals surface area contributed by atoms with Crippen LogP contribution in [0.3, 0.4) is 0 Å². The lowest BCUT2D eigenvalue weighted by Crippen LogP contribution is -2.08. The minimum Gasteiger partial charge on any atom is -0.442 e. The third-order valence-corrected chi connectivity index (χ3v) is 2.03. The topological polar surface area (TPSA) is 26.0 Å². The lowest BCUT2D eigenvalue weighted by molar-refractivity contribution is 0.426. The van der Waals surface area contributed by atoms with Gasteiger partial charge in [-0.2, -0.15) is 0 Å². The highest BCUT2D eigenvalue weighted by atomic mass is 16.3. The molecule has 0 bridgehead atoms. The number of furan rings is 1. The van der Waals surface area contributed by atoms with Crippen molar-refractivity contribution >= 4 is 11.1 Å². The smallest absolute Gasteiger partial charge is 0.226 e. The van der Waals surface area contributed by atoms with Crippen molar-refractivity contribution < 1.29 is 4.42 Å². The van der Waals surface area contributed by atoms with Gasteiger partial charge in [0.25, 0.3) is 0 Å². The predicted molar refractivity (Wildman–Crippen MR) is 64.1 cm³/mol. The molecular formula is C13H19NO. The molecule has 2 rings (SSSR count). The van der Waals surface area contributed by atoms with Crippen molar-refractivity contribution in [2.45, 2.75) is 40.0 Å². The van der Waals surface area contributed by atoms with Crippen LogP contribution in [-0.2, 0) is 5.41 Å². The first-order valence-corrected chi connectivity index (χ1v) is 5.42. The summed E-state index contributed by atoms with van der Waals surface area (Å²) in [4.78, 5) is 4.15. The van der Waals surface area contributed by atoms with Crippen LogP contribution in [0.15, 0.2) is 28.8 Å². The van der Waals surface area contributed by atoms with E-state index in [0.29, 0.717) is 0 Å². The molecule has 2 nitrogen and oxygen atoms in total. The number of aromatic nitrogens is 1. The predicted octanol–water partition coefficient (Wildman–Crippen LogP) is 4.15. The van der Waals surface area contributed by atoms with Crippen molar-refractivity contribution in [3.63, 3.8) is 0 Å². The SMILES string of the molecule is CC.CC(C)(C)c1cc2cccnc2o1. The maximum Gasteiger partial charge on any atom is 0.226 e. The van der Waals surface area contributed by atoms with E-state index >= 15 is 0 Å². The Hall–Kier alpha value is -1.31. The van der Waals surface area contributed by atoms with E-state index < -0.39 is 0 Å². The summed E-state index contributed by atoms with van der Waals surface area (Å²) < 4.78 is 5.62. The summed E-state index contributed by atoms with van der Waals surface area (Å²) >= 11 is 0. The number of nitrogens with zero attached hydrogens (tertiary/aromatic N) is 1. The van der Waals surface area contributed by atoms with E-state index in [-0.39, 0.29) is 5.41 Å². The van der Waals surface area contributed by atoms with Crippen LogP contribution in [0.5, 0.6) is 0 Å². The van der Waals surface area contributed by atoms with Crippen LogP contribution in [0, 0.1) is 0 Å². The Labute approximate surface area is 91.3 Å². The van der Waals surface area contributed by atoms with Gasteiger partial charge in [-0.15, -0.1) is 0 Å². The summed E-state index contributed by atoms with van der Waals surface area (Å²) in [5.74, 6) is 0.987. The third kappa shape index (κ3) is 2.58. The molecule has 0 N–H and O–H groups in total. The molecule has 0 saturated heterocycles. The summed E-state index contributed by atoms with van der Waals surface area (Å²) in [6.07, 6.45) is 1.75. The van der Waals surface area contributed by atoms with E-state index in [1.54, 1.807) is 6.20 Å². The van der Waals surface area contributed by atoms with Crippen LogP contribution >= 0.6 is 0 Å². The Morgan fingerprint density at radius 2 is 1.87 bits per heavy atom. The van der Waals surface area contributed by atoms with Crippen LogP contribution in [-0.4, -0.2) is 4.98 Å². The zero-order valence-electron chi connectivity index (χ0n) is 10.2. The minimum atomic E-state index is 0.0562. The van der Waals surface area contributed by atoms with Gasteiger partial charge in [-0.3, -0.25) is 0 Å². The summed E-state index contributed by atoms with van der Waals surface area (Å²) in [5.41, 5.74) is 0.785. The molecule has 2 aromatic rings. The van der Waals surface area contributed by atoms with Gasteiger partial charge >= 0.3 is 0 Å². The number of rotatable bonds is 0. The van der Waals surface area contributed by atoms with E-state index in [2.05, 4.69) is 31.8 Å². The first-order chi connectivity index (χ1) is 7.07. The highest BCUT2D eigenvalue weighted by molar-refractivity contribution is 5.73. The molecule has 0 atom stereocenters. The second kappa shape index (κ2) is 4.47. The average molecular weight is 205 g/mol. The number of pyridine rings is 1. The molecule has 0 amide bonds. The largest absolute Gasteiger partial charge is 0.442 e. The molecule has 0 spiro atoms. The molecule has 2 heterocycles. The Morgan fingerprint density at radius 1 is 1.20 bits per heavy atom. The Bertz CT molecular complexity index is 390. The van der Waals surface area contributed by atoms with E-state index in [9.17, 15) is 0 Å². The monoisotopic (exact) mass is 205 g/mol. The molecule has 0 radical (unpaired) electrons. The molecule has 2 aromatic heterocycles. The van der Waals surface area contributed by atoms with Gasteiger partial charge in [-0.25, -0.2) is 4.98 Å². The van der Waals surface area contributed by atoms with Gasteiger partial charge in [0.05, 0.1) is 0 Å². The highest BCUT2D eigenvalue weighted by Gasteiger charge is 2.18. The molecular weight excluding hydrogens is 186 g/mol. The minimum absolute atomic E-state index is 0.0562. The second-order valence-corrected chi connectivity index (χ2v) is 4.26. The van der Waals surface area contributed by atoms with E-state index in [0.717, 1.165) is 16.9 Å². The van der Waals surface area contributed by atoms with Crippen molar-refractivity contribution in [3.8, 4) is 0 Å². The fraction of sp³-hybridized carbons (Fsp3) is 0.462. The molecule has 0 aromatic carbocycles. The van der Waals surface area contributed by atoms with Gasteiger partial charge in [-0.05, 0) is 18.2 Å². The van der Waals surface area contributed by atoms with Crippen molar-refractivity contribution in [2.24, 2.45) is 0 Å². The zero-order chi connectivity index (χ0) is 11.5. The zero-order valence-corrected chi connectivity index (χ0v) is 10.2. The standard InChI is InChI=1S/C11H13NO.C2H6/c1-11(2,3)9-7-8-5-4-6-12-10(8)13-9;1-2/h4-7H,1-3H3;1-2H3. The van der Waals surface area contributed by atoms with Crippen molar-refractivity contribution in [2.75, 3.05) is 0 Å². The molecule has 2 heteroatoms. The average Bonchev–Trinajstić information content (AvgIpc) is 2.63. The molecule has 15 heavy (non-hydrogen) atoms. The number of hydrogen-bond acceptors (Lipinski definition) is 2. The highest BCUT2D eigenvalue weighted by Crippen LogP contribution is 2.27. The second-order valence-electron chi connectivity index (χ2n) is 4.26. The summed E-state index contributed by atoms with van der Waals surface area (Å²) in [5, 5.41) is 1.08. The fourth-order valence-electron chi connectivity index (χ4n) is 1.24. The normalized spacial score (nSPS) is 11.0. The summed E-state index contributed by atoms with van der Waals surface area (Å²) in [6.45, 7) is 10.4. The number of fused-ring (bicyclic) bond motifs is 1. The van der Waals surface area contributed by atoms with Crippen molar-refractivity contribution in [1.29, 1.82) is 0 Å². The first-order valence-electron chi connectivity index (χ1n) is 5.42. The molecule has 0 unspecified atom stereocenters. The Morgan fingerprint density at radius 3 is 2.40 bits per heavy atom. The van der Waals surface area contributed by atoms with Gasteiger partial charge in [0.15, 0.2) is 0 Å². The maximum absolute atomic E-state index is 5.62. The molecule has 0 aliphatic rings. The van der Waals surface area contributed by atoms with Crippen LogP contribution in [0.4, 0.5) is 0 Å². The van der Waals surface area contributed by atoms with E-state index in [1.807, 2.05) is 26.0 Å². The Balaban J connectivity index is 0.000000531. The van der Waals surface area contributed by atoms with Crippen LogP contribution in [0.25, 0.3) is 11.1 Å². The molecule has 0 fully saturated rings. The molecule has 0 aliphatic heterocycles. The summed E-state index contributed by atoms with van der Waals surface area (Å²) in [7, 11) is 0. The summed E-state index contributed by atoms with van der Waals surface area (Å²) in [6, 6.07) is 5.99. The lowest BCUT2D eigenvalue weighted by Gasteiger charge is -2.13. The van der Waals surface area contributed by atoms with Crippen molar-refractivity contribution in [1.82, 2.24) is 4.98 Å². The molecule has 82 valence electrons. The van der Waals surface area contributed by atoms with Crippen LogP contribution in [0.1, 0.15) is 40.4 Å². The van der Waals surface area contributed by atoms with E-state index in [1.165, 1.54) is 0 Å². The number of hydrogen-bond donors (Lipinski definition) is 0. The Kier molecular flexibility index (Phi) is 3.51. The van der Waals surface area contributed by atoms with Gasteiger partial charge in [0, 0.05) is 17.0 Å². The maximum atomic E-state index is 5.62. The van der Waals surface area contributed by atoms with Gasteiger partial charge in [0.1, 0.15) is 5.76 Å². The van der Waals surface area contributed by atoms with Gasteiger partial charge in [0.2, 0.25) is 5.71 Å².